The third kappa shape index (κ3) is 3.04. The Hall–Kier alpha value is 0.0700. The predicted octanol–water partition coefficient (Wildman–Crippen LogP) is 0.666. The van der Waals surface area contributed by atoms with Gasteiger partial charge in [0.1, 0.15) is 0 Å². The van der Waals surface area contributed by atoms with E-state index in [-0.39, 0.29) is 0 Å². The second kappa shape index (κ2) is 5.24. The van der Waals surface area contributed by atoms with Gasteiger partial charge in [-0.1, -0.05) is 0 Å². The van der Waals surface area contributed by atoms with Crippen molar-refractivity contribution in [1.82, 2.24) is 5.32 Å². The molecule has 0 aromatic rings. The molecule has 1 N–H and O–H groups in total. The fourth-order valence-corrected chi connectivity index (χ4v) is 3.46. The second-order valence-corrected chi connectivity index (χ2v) is 5.90. The van der Waals surface area contributed by atoms with Gasteiger partial charge in [-0.25, -0.2) is 0 Å². The lowest BCUT2D eigenvalue weighted by Gasteiger charge is -2.30. The third-order valence-corrected chi connectivity index (χ3v) is 4.40. The van der Waals surface area contributed by atoms with Gasteiger partial charge in [0.15, 0.2) is 0 Å². The molecule has 2 heterocycles. The van der Waals surface area contributed by atoms with Crippen LogP contribution < -0.4 is 5.32 Å². The van der Waals surface area contributed by atoms with Crippen LogP contribution in [0.3, 0.4) is 0 Å². The quantitative estimate of drug-likeness (QED) is 0.738. The van der Waals surface area contributed by atoms with Crippen LogP contribution in [-0.2, 0) is 15.5 Å². The first-order valence-electron chi connectivity index (χ1n) is 5.53. The molecule has 0 aromatic carbocycles. The largest absolute Gasteiger partial charge is 0.380 e. The lowest BCUT2D eigenvalue weighted by atomic mass is 10.1. The SMILES string of the molecule is O=S1CCC(NC2CCCOC2)CC1. The first-order valence-corrected chi connectivity index (χ1v) is 7.02. The van der Waals surface area contributed by atoms with Gasteiger partial charge in [-0.15, -0.1) is 0 Å². The van der Waals surface area contributed by atoms with E-state index < -0.39 is 10.8 Å². The maximum absolute atomic E-state index is 11.2. The first-order chi connectivity index (χ1) is 6.84. The molecule has 0 spiro atoms. The molecule has 1 unspecified atom stereocenters. The molecule has 4 heteroatoms. The normalized spacial score (nSPS) is 39.6. The average molecular weight is 217 g/mol. The highest BCUT2D eigenvalue weighted by molar-refractivity contribution is 7.85. The zero-order valence-corrected chi connectivity index (χ0v) is 9.35. The summed E-state index contributed by atoms with van der Waals surface area (Å²) in [4.78, 5) is 0. The fraction of sp³-hybridized carbons (Fsp3) is 1.00. The summed E-state index contributed by atoms with van der Waals surface area (Å²) in [6.07, 6.45) is 4.56. The van der Waals surface area contributed by atoms with E-state index in [9.17, 15) is 4.21 Å². The van der Waals surface area contributed by atoms with Gasteiger partial charge in [-0.3, -0.25) is 4.21 Å². The van der Waals surface area contributed by atoms with E-state index in [1.807, 2.05) is 0 Å². The van der Waals surface area contributed by atoms with Crippen molar-refractivity contribution in [3.8, 4) is 0 Å². The average Bonchev–Trinajstić information content (AvgIpc) is 2.23. The Balaban J connectivity index is 1.71. The Bertz CT molecular complexity index is 194. The first kappa shape index (κ1) is 10.6. The number of hydrogen-bond donors (Lipinski definition) is 1. The highest BCUT2D eigenvalue weighted by Crippen LogP contribution is 2.13. The van der Waals surface area contributed by atoms with Gasteiger partial charge >= 0.3 is 0 Å². The van der Waals surface area contributed by atoms with E-state index in [1.54, 1.807) is 0 Å². The van der Waals surface area contributed by atoms with Crippen molar-refractivity contribution in [3.63, 3.8) is 0 Å². The molecule has 0 aromatic heterocycles. The van der Waals surface area contributed by atoms with Gasteiger partial charge in [-0.05, 0) is 25.7 Å². The number of rotatable bonds is 2. The molecule has 2 rings (SSSR count). The molecule has 2 fully saturated rings. The van der Waals surface area contributed by atoms with E-state index >= 15 is 0 Å². The topological polar surface area (TPSA) is 38.3 Å². The zero-order valence-electron chi connectivity index (χ0n) is 8.54. The summed E-state index contributed by atoms with van der Waals surface area (Å²) in [5.74, 6) is 1.76. The van der Waals surface area contributed by atoms with Gasteiger partial charge in [-0.2, -0.15) is 0 Å². The molecule has 3 nitrogen and oxygen atoms in total. The highest BCUT2D eigenvalue weighted by atomic mass is 32.2. The molecule has 2 aliphatic rings. The molecule has 1 atom stereocenters. The van der Waals surface area contributed by atoms with Gasteiger partial charge in [0.2, 0.25) is 0 Å². The predicted molar refractivity (Wildman–Crippen MR) is 57.9 cm³/mol. The van der Waals surface area contributed by atoms with E-state index in [0.717, 1.165) is 37.6 Å². The van der Waals surface area contributed by atoms with Gasteiger partial charge in [0, 0.05) is 41.0 Å². The van der Waals surface area contributed by atoms with Crippen LogP contribution in [0.4, 0.5) is 0 Å². The number of hydrogen-bond acceptors (Lipinski definition) is 3. The molecule has 82 valence electrons. The van der Waals surface area contributed by atoms with Crippen molar-refractivity contribution < 1.29 is 8.95 Å². The number of nitrogens with one attached hydrogen (secondary N) is 1. The van der Waals surface area contributed by atoms with Crippen molar-refractivity contribution >= 4 is 10.8 Å². The van der Waals surface area contributed by atoms with Gasteiger partial charge in [0.25, 0.3) is 0 Å². The Morgan fingerprint density at radius 3 is 2.57 bits per heavy atom. The lowest BCUT2D eigenvalue weighted by Crippen LogP contribution is -2.45. The van der Waals surface area contributed by atoms with Crippen LogP contribution in [0.25, 0.3) is 0 Å². The summed E-state index contributed by atoms with van der Waals surface area (Å²) in [5, 5.41) is 3.62. The molecule has 2 saturated heterocycles. The van der Waals surface area contributed by atoms with E-state index in [1.165, 1.54) is 12.8 Å². The monoisotopic (exact) mass is 217 g/mol. The van der Waals surface area contributed by atoms with Crippen LogP contribution >= 0.6 is 0 Å². The van der Waals surface area contributed by atoms with Crippen molar-refractivity contribution in [2.24, 2.45) is 0 Å². The Morgan fingerprint density at radius 2 is 1.93 bits per heavy atom. The highest BCUT2D eigenvalue weighted by Gasteiger charge is 2.21. The van der Waals surface area contributed by atoms with Crippen LogP contribution in [0.1, 0.15) is 25.7 Å². The fourth-order valence-electron chi connectivity index (χ4n) is 2.17. The molecule has 2 aliphatic heterocycles. The lowest BCUT2D eigenvalue weighted by molar-refractivity contribution is 0.0659. The molecule has 14 heavy (non-hydrogen) atoms. The van der Waals surface area contributed by atoms with Crippen molar-refractivity contribution in [2.75, 3.05) is 24.7 Å². The summed E-state index contributed by atoms with van der Waals surface area (Å²) in [6, 6.07) is 1.12. The summed E-state index contributed by atoms with van der Waals surface area (Å²) in [7, 11) is -0.539. The minimum absolute atomic E-state index is 0.539. The Labute approximate surface area is 88.0 Å². The number of ether oxygens (including phenoxy) is 1. The Morgan fingerprint density at radius 1 is 1.14 bits per heavy atom. The molecule has 0 bridgehead atoms. The van der Waals surface area contributed by atoms with Crippen molar-refractivity contribution in [3.05, 3.63) is 0 Å². The second-order valence-electron chi connectivity index (χ2n) is 4.20. The summed E-state index contributed by atoms with van der Waals surface area (Å²) in [5.41, 5.74) is 0. The minimum Gasteiger partial charge on any atom is -0.380 e. The maximum atomic E-state index is 11.2. The van der Waals surface area contributed by atoms with Crippen molar-refractivity contribution in [1.29, 1.82) is 0 Å². The third-order valence-electron chi connectivity index (χ3n) is 3.02. The molecule has 0 aliphatic carbocycles. The smallest absolute Gasteiger partial charge is 0.0619 e. The molecule has 0 amide bonds. The summed E-state index contributed by atoms with van der Waals surface area (Å²) in [6.45, 7) is 1.78. The van der Waals surface area contributed by atoms with Crippen LogP contribution in [0.5, 0.6) is 0 Å². The molecular formula is C10H19NO2S. The van der Waals surface area contributed by atoms with Gasteiger partial charge < -0.3 is 10.1 Å². The van der Waals surface area contributed by atoms with Crippen LogP contribution in [-0.4, -0.2) is 41.0 Å². The molecule has 0 radical (unpaired) electrons. The zero-order chi connectivity index (χ0) is 9.80. The summed E-state index contributed by atoms with van der Waals surface area (Å²) >= 11 is 0. The Kier molecular flexibility index (Phi) is 3.96. The van der Waals surface area contributed by atoms with Crippen molar-refractivity contribution in [2.45, 2.75) is 37.8 Å². The van der Waals surface area contributed by atoms with Gasteiger partial charge in [0.05, 0.1) is 6.61 Å². The summed E-state index contributed by atoms with van der Waals surface area (Å²) < 4.78 is 16.6. The standard InChI is InChI=1S/C10H19NO2S/c12-14-6-3-9(4-7-14)11-10-2-1-5-13-8-10/h9-11H,1-8H2. The molecular weight excluding hydrogens is 198 g/mol. The molecule has 0 saturated carbocycles. The maximum Gasteiger partial charge on any atom is 0.0619 e. The van der Waals surface area contributed by atoms with Crippen LogP contribution in [0.2, 0.25) is 0 Å². The van der Waals surface area contributed by atoms with E-state index in [4.69, 9.17) is 4.74 Å². The van der Waals surface area contributed by atoms with E-state index in [2.05, 4.69) is 5.32 Å². The van der Waals surface area contributed by atoms with Crippen LogP contribution in [0.15, 0.2) is 0 Å². The van der Waals surface area contributed by atoms with E-state index in [0.29, 0.717) is 12.1 Å². The van der Waals surface area contributed by atoms with Crippen LogP contribution in [0, 0.1) is 0 Å². The minimum atomic E-state index is -0.539.